The van der Waals surface area contributed by atoms with Gasteiger partial charge in [0.1, 0.15) is 11.5 Å². The van der Waals surface area contributed by atoms with Gasteiger partial charge in [0.2, 0.25) is 6.79 Å². The van der Waals surface area contributed by atoms with E-state index in [4.69, 9.17) is 26.1 Å². The minimum absolute atomic E-state index is 0.0348. The van der Waals surface area contributed by atoms with E-state index in [0.717, 1.165) is 5.56 Å². The lowest BCUT2D eigenvalue weighted by atomic mass is 10.0. The van der Waals surface area contributed by atoms with E-state index in [-0.39, 0.29) is 18.4 Å². The fraction of sp³-hybridized carbons (Fsp3) is 0.130. The first-order chi connectivity index (χ1) is 15.8. The summed E-state index contributed by atoms with van der Waals surface area (Å²) in [6.07, 6.45) is 1.62. The topological polar surface area (TPSA) is 95.1 Å². The molecule has 0 N–H and O–H groups in total. The summed E-state index contributed by atoms with van der Waals surface area (Å²) >= 11 is 6.60. The quantitative estimate of drug-likeness (QED) is 0.206. The number of fused-ring (bicyclic) bond motifs is 1. The molecule has 0 bridgehead atoms. The van der Waals surface area contributed by atoms with E-state index in [1.807, 2.05) is 13.0 Å². The van der Waals surface area contributed by atoms with Gasteiger partial charge in [0.25, 0.3) is 11.6 Å². The van der Waals surface area contributed by atoms with Crippen molar-refractivity contribution >= 4 is 51.7 Å². The number of benzene rings is 2. The van der Waals surface area contributed by atoms with Gasteiger partial charge in [-0.25, -0.2) is 0 Å². The Hall–Kier alpha value is -3.63. The molecule has 2 aliphatic rings. The maximum atomic E-state index is 13.1. The van der Waals surface area contributed by atoms with E-state index >= 15 is 0 Å². The van der Waals surface area contributed by atoms with E-state index in [2.05, 4.69) is 0 Å². The molecule has 1 aromatic heterocycles. The van der Waals surface area contributed by atoms with Crippen LogP contribution in [0.15, 0.2) is 51.8 Å². The molecule has 0 radical (unpaired) electrons. The molecule has 33 heavy (non-hydrogen) atoms. The van der Waals surface area contributed by atoms with Gasteiger partial charge in [0.05, 0.1) is 15.5 Å². The summed E-state index contributed by atoms with van der Waals surface area (Å²) in [4.78, 5) is 25.9. The summed E-state index contributed by atoms with van der Waals surface area (Å²) in [6, 6.07) is 12.0. The van der Waals surface area contributed by atoms with Gasteiger partial charge >= 0.3 is 0 Å². The maximum Gasteiger partial charge on any atom is 0.273 e. The zero-order valence-corrected chi connectivity index (χ0v) is 19.1. The van der Waals surface area contributed by atoms with E-state index in [0.29, 0.717) is 49.1 Å². The second-order valence-electron chi connectivity index (χ2n) is 7.45. The number of thiocarbonyl (C=S) groups is 1. The van der Waals surface area contributed by atoms with Crippen LogP contribution in [0.1, 0.15) is 16.9 Å². The number of nitro groups is 1. The number of aryl methyl sites for hydroxylation is 1. The standard InChI is InChI=1S/C23H16N2O6S2/c1-12-7-14(8-17(13(12)2)25(27)28)18-6-4-16(31-18)10-21-22(26)24(23(32)33-21)15-3-5-19-20(9-15)30-11-29-19/h3-10H,11H2,1-2H3/b21-10+. The maximum absolute atomic E-state index is 13.1. The largest absolute Gasteiger partial charge is 0.457 e. The van der Waals surface area contributed by atoms with Crippen LogP contribution in [-0.2, 0) is 4.79 Å². The molecule has 166 valence electrons. The molecule has 3 aromatic rings. The summed E-state index contributed by atoms with van der Waals surface area (Å²) in [5.41, 5.74) is 2.63. The number of carbonyl (C=O) groups is 1. The third kappa shape index (κ3) is 3.77. The van der Waals surface area contributed by atoms with Crippen molar-refractivity contribution in [3.05, 3.63) is 74.4 Å². The highest BCUT2D eigenvalue weighted by molar-refractivity contribution is 8.27. The Kier molecular flexibility index (Phi) is 5.18. The molecular formula is C23H16N2O6S2. The van der Waals surface area contributed by atoms with Gasteiger partial charge in [0.15, 0.2) is 15.8 Å². The Morgan fingerprint density at radius 3 is 2.70 bits per heavy atom. The predicted molar refractivity (Wildman–Crippen MR) is 128 cm³/mol. The molecule has 10 heteroatoms. The monoisotopic (exact) mass is 480 g/mol. The van der Waals surface area contributed by atoms with Gasteiger partial charge in [-0.1, -0.05) is 24.0 Å². The van der Waals surface area contributed by atoms with Crippen LogP contribution in [0.2, 0.25) is 0 Å². The van der Waals surface area contributed by atoms with Gasteiger partial charge in [-0.3, -0.25) is 19.8 Å². The Labute approximate surface area is 197 Å². The number of anilines is 1. The number of hydrogen-bond donors (Lipinski definition) is 0. The number of carbonyl (C=O) groups excluding carboxylic acids is 1. The van der Waals surface area contributed by atoms with Crippen molar-refractivity contribution in [2.24, 2.45) is 0 Å². The molecule has 2 aliphatic heterocycles. The smallest absolute Gasteiger partial charge is 0.273 e. The number of ether oxygens (including phenoxy) is 2. The molecule has 1 amide bonds. The highest BCUT2D eigenvalue weighted by Gasteiger charge is 2.34. The third-order valence-corrected chi connectivity index (χ3v) is 6.73. The summed E-state index contributed by atoms with van der Waals surface area (Å²) in [5.74, 6) is 1.82. The van der Waals surface area contributed by atoms with Crippen molar-refractivity contribution in [2.75, 3.05) is 11.7 Å². The highest BCUT2D eigenvalue weighted by Crippen LogP contribution is 2.41. The second kappa shape index (κ2) is 8.05. The molecule has 0 spiro atoms. The van der Waals surface area contributed by atoms with Crippen LogP contribution in [0.4, 0.5) is 11.4 Å². The molecule has 0 atom stereocenters. The number of thioether (sulfide) groups is 1. The van der Waals surface area contributed by atoms with Crippen LogP contribution in [0.25, 0.3) is 17.4 Å². The molecule has 1 fully saturated rings. The van der Waals surface area contributed by atoms with E-state index in [1.165, 1.54) is 22.7 Å². The van der Waals surface area contributed by atoms with Gasteiger partial charge in [-0.2, -0.15) is 0 Å². The fourth-order valence-electron chi connectivity index (χ4n) is 3.60. The molecule has 3 heterocycles. The third-order valence-electron chi connectivity index (χ3n) is 5.43. The zero-order valence-electron chi connectivity index (χ0n) is 17.5. The molecule has 0 aliphatic carbocycles. The Bertz CT molecular complexity index is 1380. The molecule has 0 unspecified atom stereocenters. The van der Waals surface area contributed by atoms with Crippen LogP contribution in [0.3, 0.4) is 0 Å². The lowest BCUT2D eigenvalue weighted by Crippen LogP contribution is -2.27. The number of rotatable bonds is 4. The summed E-state index contributed by atoms with van der Waals surface area (Å²) in [6.45, 7) is 3.67. The van der Waals surface area contributed by atoms with E-state index in [9.17, 15) is 14.9 Å². The average Bonchev–Trinajstić information content (AvgIpc) is 3.49. The minimum Gasteiger partial charge on any atom is -0.457 e. The number of furan rings is 1. The molecule has 5 rings (SSSR count). The first-order valence-electron chi connectivity index (χ1n) is 9.85. The van der Waals surface area contributed by atoms with Gasteiger partial charge in [-0.05, 0) is 49.7 Å². The van der Waals surface area contributed by atoms with Gasteiger partial charge in [0, 0.05) is 29.3 Å². The van der Waals surface area contributed by atoms with Crippen LogP contribution in [0, 0.1) is 24.0 Å². The van der Waals surface area contributed by atoms with Crippen LogP contribution in [0.5, 0.6) is 11.5 Å². The lowest BCUT2D eigenvalue weighted by molar-refractivity contribution is -0.385. The van der Waals surface area contributed by atoms with E-state index < -0.39 is 4.92 Å². The SMILES string of the molecule is Cc1cc(-c2ccc(/C=C3/SC(=S)N(c4ccc5c(c4)OCO5)C3=O)o2)cc([N+](=O)[O-])c1C. The zero-order chi connectivity index (χ0) is 23.3. The van der Waals surface area contributed by atoms with Crippen molar-refractivity contribution in [1.29, 1.82) is 0 Å². The normalized spacial score (nSPS) is 16.2. The summed E-state index contributed by atoms with van der Waals surface area (Å²) < 4.78 is 17.0. The van der Waals surface area contributed by atoms with Crippen LogP contribution in [-0.4, -0.2) is 21.9 Å². The number of nitrogens with zero attached hydrogens (tertiary/aromatic N) is 2. The fourth-order valence-corrected chi connectivity index (χ4v) is 4.88. The van der Waals surface area contributed by atoms with Gasteiger partial charge in [-0.15, -0.1) is 0 Å². The van der Waals surface area contributed by atoms with E-state index in [1.54, 1.807) is 43.3 Å². The summed E-state index contributed by atoms with van der Waals surface area (Å²) in [7, 11) is 0. The first kappa shape index (κ1) is 21.2. The molecule has 2 aromatic carbocycles. The minimum atomic E-state index is -0.406. The molecule has 1 saturated heterocycles. The van der Waals surface area contributed by atoms with Gasteiger partial charge < -0.3 is 13.9 Å². The highest BCUT2D eigenvalue weighted by atomic mass is 32.2. The lowest BCUT2D eigenvalue weighted by Gasteiger charge is -2.14. The molecule has 0 saturated carbocycles. The molecular weight excluding hydrogens is 464 g/mol. The number of nitro benzene ring substituents is 1. The Morgan fingerprint density at radius 2 is 1.91 bits per heavy atom. The second-order valence-corrected chi connectivity index (χ2v) is 9.13. The Morgan fingerprint density at radius 1 is 1.12 bits per heavy atom. The van der Waals surface area contributed by atoms with Crippen molar-refractivity contribution in [2.45, 2.75) is 13.8 Å². The van der Waals surface area contributed by atoms with Crippen molar-refractivity contribution < 1.29 is 23.6 Å². The van der Waals surface area contributed by atoms with Crippen molar-refractivity contribution in [3.8, 4) is 22.8 Å². The average molecular weight is 481 g/mol. The number of hydrogen-bond acceptors (Lipinski definition) is 8. The predicted octanol–water partition coefficient (Wildman–Crippen LogP) is 5.61. The number of amides is 1. The first-order valence-corrected chi connectivity index (χ1v) is 11.1. The van der Waals surface area contributed by atoms with Crippen molar-refractivity contribution in [3.63, 3.8) is 0 Å². The summed E-state index contributed by atoms with van der Waals surface area (Å²) in [5, 5.41) is 11.4. The molecule has 8 nitrogen and oxygen atoms in total. The van der Waals surface area contributed by atoms with Crippen LogP contribution >= 0.6 is 24.0 Å². The van der Waals surface area contributed by atoms with Crippen LogP contribution < -0.4 is 14.4 Å². The Balaban J connectivity index is 1.43. The van der Waals surface area contributed by atoms with Crippen molar-refractivity contribution in [1.82, 2.24) is 0 Å².